The molecule has 21 heavy (non-hydrogen) atoms. The fourth-order valence-electron chi connectivity index (χ4n) is 2.16. The van der Waals surface area contributed by atoms with Crippen LogP contribution in [0.3, 0.4) is 0 Å². The number of carboxylic acid groups (broad SMARTS) is 1. The minimum atomic E-state index is -1.07. The van der Waals surface area contributed by atoms with Crippen molar-refractivity contribution in [2.24, 2.45) is 0 Å². The summed E-state index contributed by atoms with van der Waals surface area (Å²) in [6.45, 7) is 0. The monoisotopic (exact) mass is 322 g/mol. The lowest BCUT2D eigenvalue weighted by atomic mass is 10.2. The first-order chi connectivity index (χ1) is 9.95. The third-order valence-electron chi connectivity index (χ3n) is 3.04. The Morgan fingerprint density at radius 1 is 1.10 bits per heavy atom. The summed E-state index contributed by atoms with van der Waals surface area (Å²) in [5, 5.41) is 9.83. The second kappa shape index (κ2) is 4.95. The largest absolute Gasteiger partial charge is 0.478 e. The molecule has 1 aromatic heterocycles. The number of rotatable bonds is 2. The normalized spacial score (nSPS) is 11.0. The van der Waals surface area contributed by atoms with E-state index in [1.165, 1.54) is 16.7 Å². The van der Waals surface area contributed by atoms with Gasteiger partial charge in [0.25, 0.3) is 0 Å². The molecule has 2 aromatic carbocycles. The highest BCUT2D eigenvalue weighted by atomic mass is 35.5. The fourth-order valence-corrected chi connectivity index (χ4v) is 2.68. The summed E-state index contributed by atoms with van der Waals surface area (Å²) >= 11 is 11.9. The van der Waals surface area contributed by atoms with Crippen LogP contribution in [0, 0.1) is 0 Å². The first-order valence-electron chi connectivity index (χ1n) is 5.90. The van der Waals surface area contributed by atoms with Gasteiger partial charge in [-0.05, 0) is 36.4 Å². The number of carbonyl (C=O) groups is 1. The van der Waals surface area contributed by atoms with Gasteiger partial charge in [-0.25, -0.2) is 9.59 Å². The van der Waals surface area contributed by atoms with Gasteiger partial charge in [0.05, 0.1) is 22.3 Å². The maximum atomic E-state index is 12.1. The fraction of sp³-hybridized carbons (Fsp3) is 0. The van der Waals surface area contributed by atoms with Crippen molar-refractivity contribution in [2.45, 2.75) is 0 Å². The molecule has 0 aliphatic heterocycles. The van der Waals surface area contributed by atoms with E-state index in [0.717, 1.165) is 0 Å². The Bertz CT molecular complexity index is 907. The molecule has 0 saturated carbocycles. The van der Waals surface area contributed by atoms with Crippen LogP contribution in [0.25, 0.3) is 16.7 Å². The average Bonchev–Trinajstić information content (AvgIpc) is 2.72. The summed E-state index contributed by atoms with van der Waals surface area (Å²) in [5.41, 5.74) is 1.12. The van der Waals surface area contributed by atoms with Crippen molar-refractivity contribution < 1.29 is 9.90 Å². The molecule has 0 radical (unpaired) electrons. The van der Waals surface area contributed by atoms with Gasteiger partial charge < -0.3 is 10.1 Å². The number of hydrogen-bond acceptors (Lipinski definition) is 2. The topological polar surface area (TPSA) is 75.1 Å². The summed E-state index contributed by atoms with van der Waals surface area (Å²) < 4.78 is 1.33. The van der Waals surface area contributed by atoms with Gasteiger partial charge in [-0.1, -0.05) is 23.2 Å². The van der Waals surface area contributed by atoms with Gasteiger partial charge in [0.15, 0.2) is 0 Å². The zero-order chi connectivity index (χ0) is 15.1. The molecule has 2 N–H and O–H groups in total. The van der Waals surface area contributed by atoms with E-state index in [0.29, 0.717) is 26.8 Å². The number of nitrogens with one attached hydrogen (secondary N) is 1. The minimum absolute atomic E-state index is 0.0865. The predicted molar refractivity (Wildman–Crippen MR) is 80.9 cm³/mol. The van der Waals surface area contributed by atoms with Crippen LogP contribution in [-0.4, -0.2) is 20.6 Å². The highest BCUT2D eigenvalue weighted by Gasteiger charge is 2.12. The van der Waals surface area contributed by atoms with Crippen molar-refractivity contribution in [1.29, 1.82) is 0 Å². The Balaban J connectivity index is 2.35. The van der Waals surface area contributed by atoms with E-state index in [1.807, 2.05) is 0 Å². The van der Waals surface area contributed by atoms with Crippen LogP contribution in [-0.2, 0) is 0 Å². The van der Waals surface area contributed by atoms with Crippen molar-refractivity contribution >= 4 is 40.2 Å². The van der Waals surface area contributed by atoms with E-state index in [9.17, 15) is 9.59 Å². The van der Waals surface area contributed by atoms with E-state index in [-0.39, 0.29) is 5.56 Å². The minimum Gasteiger partial charge on any atom is -0.478 e. The lowest BCUT2D eigenvalue weighted by molar-refractivity contribution is 0.0697. The lowest BCUT2D eigenvalue weighted by Crippen LogP contribution is -2.14. The number of aromatic nitrogens is 2. The van der Waals surface area contributed by atoms with Crippen molar-refractivity contribution in [1.82, 2.24) is 9.55 Å². The van der Waals surface area contributed by atoms with Crippen LogP contribution in [0.2, 0.25) is 10.0 Å². The Morgan fingerprint density at radius 3 is 2.38 bits per heavy atom. The summed E-state index contributed by atoms with van der Waals surface area (Å²) in [7, 11) is 0. The molecule has 5 nitrogen and oxygen atoms in total. The molecular formula is C14H8Cl2N2O3. The predicted octanol–water partition coefficient (Wildman–Crippen LogP) is 3.32. The molecule has 0 saturated heterocycles. The first-order valence-corrected chi connectivity index (χ1v) is 6.66. The molecule has 3 rings (SSSR count). The van der Waals surface area contributed by atoms with Crippen LogP contribution in [0.5, 0.6) is 0 Å². The molecule has 0 aliphatic rings. The third kappa shape index (κ3) is 2.41. The Kier molecular flexibility index (Phi) is 3.23. The smallest absolute Gasteiger partial charge is 0.335 e. The van der Waals surface area contributed by atoms with Crippen LogP contribution in [0.15, 0.2) is 41.2 Å². The molecule has 106 valence electrons. The average molecular weight is 323 g/mol. The summed E-state index contributed by atoms with van der Waals surface area (Å²) in [5.74, 6) is -1.07. The zero-order valence-corrected chi connectivity index (χ0v) is 11.9. The maximum absolute atomic E-state index is 12.1. The molecule has 0 spiro atoms. The Hall–Kier alpha value is -2.24. The summed E-state index contributed by atoms with van der Waals surface area (Å²) in [6.07, 6.45) is 0. The molecule has 0 unspecified atom stereocenters. The van der Waals surface area contributed by atoms with Crippen LogP contribution < -0.4 is 5.69 Å². The lowest BCUT2D eigenvalue weighted by Gasteiger charge is -2.05. The summed E-state index contributed by atoms with van der Waals surface area (Å²) in [6, 6.07) is 9.10. The van der Waals surface area contributed by atoms with Crippen molar-refractivity contribution in [3.8, 4) is 5.69 Å². The number of imidazole rings is 1. The van der Waals surface area contributed by atoms with E-state index in [2.05, 4.69) is 4.98 Å². The molecular weight excluding hydrogens is 315 g/mol. The second-order valence-electron chi connectivity index (χ2n) is 4.43. The van der Waals surface area contributed by atoms with Gasteiger partial charge in [-0.3, -0.25) is 4.57 Å². The number of halogens is 2. The molecule has 1 heterocycles. The van der Waals surface area contributed by atoms with E-state index in [1.54, 1.807) is 24.3 Å². The maximum Gasteiger partial charge on any atom is 0.335 e. The van der Waals surface area contributed by atoms with Crippen LogP contribution in [0.4, 0.5) is 0 Å². The highest BCUT2D eigenvalue weighted by molar-refractivity contribution is 6.34. The molecule has 0 atom stereocenters. The van der Waals surface area contributed by atoms with Crippen LogP contribution >= 0.6 is 23.2 Å². The number of hydrogen-bond donors (Lipinski definition) is 2. The molecule has 0 bridgehead atoms. The number of benzene rings is 2. The molecule has 0 aliphatic carbocycles. The third-order valence-corrected chi connectivity index (χ3v) is 3.47. The van der Waals surface area contributed by atoms with Gasteiger partial charge in [0, 0.05) is 10.0 Å². The number of nitrogens with zero attached hydrogens (tertiary/aromatic N) is 1. The van der Waals surface area contributed by atoms with Crippen LogP contribution in [0.1, 0.15) is 10.4 Å². The highest BCUT2D eigenvalue weighted by Crippen LogP contribution is 2.24. The summed E-state index contributed by atoms with van der Waals surface area (Å²) in [4.78, 5) is 25.8. The van der Waals surface area contributed by atoms with E-state index in [4.69, 9.17) is 28.3 Å². The van der Waals surface area contributed by atoms with E-state index < -0.39 is 11.7 Å². The second-order valence-corrected chi connectivity index (χ2v) is 5.30. The number of fused-ring (bicyclic) bond motifs is 1. The van der Waals surface area contributed by atoms with Gasteiger partial charge >= 0.3 is 11.7 Å². The van der Waals surface area contributed by atoms with Gasteiger partial charge in [-0.2, -0.15) is 0 Å². The van der Waals surface area contributed by atoms with Crippen molar-refractivity contribution in [3.05, 3.63) is 62.5 Å². The van der Waals surface area contributed by atoms with E-state index >= 15 is 0 Å². The van der Waals surface area contributed by atoms with Crippen molar-refractivity contribution in [2.75, 3.05) is 0 Å². The Morgan fingerprint density at radius 2 is 1.76 bits per heavy atom. The van der Waals surface area contributed by atoms with Crippen molar-refractivity contribution in [3.63, 3.8) is 0 Å². The molecule has 3 aromatic rings. The SMILES string of the molecule is O=C(O)c1ccc2[nH]c(=O)n(-c3cc(Cl)cc(Cl)c3)c2c1. The molecule has 7 heteroatoms. The quantitative estimate of drug-likeness (QED) is 0.759. The molecule has 0 fully saturated rings. The standard InChI is InChI=1S/C14H8Cl2N2O3/c15-8-4-9(16)6-10(5-8)18-12-3-7(13(19)20)1-2-11(12)17-14(18)21/h1-6H,(H,17,21)(H,19,20). The number of aromatic carboxylic acids is 1. The molecule has 0 amide bonds. The first kappa shape index (κ1) is 13.7. The number of H-pyrrole nitrogens is 1. The number of carboxylic acids is 1. The zero-order valence-electron chi connectivity index (χ0n) is 10.4. The number of aromatic amines is 1. The van der Waals surface area contributed by atoms with Gasteiger partial charge in [-0.15, -0.1) is 0 Å². The van der Waals surface area contributed by atoms with Gasteiger partial charge in [0.1, 0.15) is 0 Å². The Labute approximate surface area is 128 Å². The van der Waals surface area contributed by atoms with Gasteiger partial charge in [0.2, 0.25) is 0 Å².